The maximum absolute atomic E-state index is 12.4. The average molecular weight is 290 g/mol. The Morgan fingerprint density at radius 2 is 1.91 bits per heavy atom. The Hall–Kier alpha value is -2.55. The smallest absolute Gasteiger partial charge is 0.252 e. The number of hydrogen-bond donors (Lipinski definition) is 2. The fourth-order valence-corrected chi connectivity index (χ4v) is 3.66. The van der Waals surface area contributed by atoms with Crippen molar-refractivity contribution in [1.82, 2.24) is 10.3 Å². The number of benzene rings is 2. The van der Waals surface area contributed by atoms with Crippen molar-refractivity contribution < 1.29 is 4.79 Å². The van der Waals surface area contributed by atoms with E-state index in [1.807, 2.05) is 24.4 Å². The number of carbonyl (C=O) groups is 1. The monoisotopic (exact) mass is 290 g/mol. The lowest BCUT2D eigenvalue weighted by molar-refractivity contribution is 0.0939. The van der Waals surface area contributed by atoms with Crippen molar-refractivity contribution >= 4 is 16.8 Å². The summed E-state index contributed by atoms with van der Waals surface area (Å²) in [5, 5.41) is 4.40. The number of aryl methyl sites for hydroxylation is 1. The second kappa shape index (κ2) is 4.47. The first-order chi connectivity index (χ1) is 10.7. The van der Waals surface area contributed by atoms with E-state index in [-0.39, 0.29) is 5.91 Å². The van der Waals surface area contributed by atoms with Crippen molar-refractivity contribution in [2.24, 2.45) is 0 Å². The molecule has 22 heavy (non-hydrogen) atoms. The third-order valence-electron chi connectivity index (χ3n) is 4.79. The number of amides is 1. The van der Waals surface area contributed by atoms with Crippen LogP contribution < -0.4 is 5.32 Å². The van der Waals surface area contributed by atoms with Gasteiger partial charge in [-0.2, -0.15) is 0 Å². The van der Waals surface area contributed by atoms with Crippen LogP contribution in [0.3, 0.4) is 0 Å². The average Bonchev–Trinajstić information content (AvgIpc) is 3.07. The molecule has 1 amide bonds. The van der Waals surface area contributed by atoms with Crippen molar-refractivity contribution in [2.45, 2.75) is 25.8 Å². The zero-order valence-corrected chi connectivity index (χ0v) is 12.7. The maximum atomic E-state index is 12.4. The van der Waals surface area contributed by atoms with Crippen LogP contribution in [0.1, 0.15) is 40.4 Å². The molecule has 4 rings (SSSR count). The Bertz CT molecular complexity index is 893. The van der Waals surface area contributed by atoms with E-state index in [0.29, 0.717) is 0 Å². The highest BCUT2D eigenvalue weighted by atomic mass is 16.2. The van der Waals surface area contributed by atoms with Crippen LogP contribution in [0.25, 0.3) is 10.9 Å². The number of fused-ring (bicyclic) bond motifs is 2. The summed E-state index contributed by atoms with van der Waals surface area (Å²) in [6.45, 7) is 4.21. The molecule has 3 heteroatoms. The third kappa shape index (κ3) is 1.59. The van der Waals surface area contributed by atoms with Crippen molar-refractivity contribution in [3.63, 3.8) is 0 Å². The molecular formula is C19H18N2O. The SMILES string of the molecule is CC[C@@]1(c2c[nH]c3cc(C)ccc23)NC(=O)c2ccccc21. The summed E-state index contributed by atoms with van der Waals surface area (Å²) in [5.41, 5.74) is 4.89. The van der Waals surface area contributed by atoms with Gasteiger partial charge in [0, 0.05) is 28.2 Å². The fourth-order valence-electron chi connectivity index (χ4n) is 3.66. The first-order valence-electron chi connectivity index (χ1n) is 7.66. The molecule has 0 unspecified atom stereocenters. The molecule has 2 heterocycles. The number of H-pyrrole nitrogens is 1. The summed E-state index contributed by atoms with van der Waals surface area (Å²) in [6, 6.07) is 14.3. The number of hydrogen-bond acceptors (Lipinski definition) is 1. The Morgan fingerprint density at radius 1 is 1.09 bits per heavy atom. The van der Waals surface area contributed by atoms with Crippen LogP contribution in [0.4, 0.5) is 0 Å². The largest absolute Gasteiger partial charge is 0.361 e. The molecule has 3 nitrogen and oxygen atoms in total. The molecule has 0 spiro atoms. The van der Waals surface area contributed by atoms with Gasteiger partial charge in [-0.15, -0.1) is 0 Å². The zero-order chi connectivity index (χ0) is 15.3. The van der Waals surface area contributed by atoms with E-state index < -0.39 is 5.54 Å². The van der Waals surface area contributed by atoms with Crippen LogP contribution in [0, 0.1) is 6.92 Å². The van der Waals surface area contributed by atoms with E-state index in [4.69, 9.17) is 0 Å². The second-order valence-electron chi connectivity index (χ2n) is 6.01. The summed E-state index contributed by atoms with van der Waals surface area (Å²) in [6.07, 6.45) is 2.85. The fraction of sp³-hybridized carbons (Fsp3) is 0.211. The summed E-state index contributed by atoms with van der Waals surface area (Å²) >= 11 is 0. The number of aromatic amines is 1. The molecule has 2 N–H and O–H groups in total. The van der Waals surface area contributed by atoms with Crippen molar-refractivity contribution in [2.75, 3.05) is 0 Å². The number of nitrogens with one attached hydrogen (secondary N) is 2. The van der Waals surface area contributed by atoms with Gasteiger partial charge in [0.2, 0.25) is 0 Å². The topological polar surface area (TPSA) is 44.9 Å². The third-order valence-corrected chi connectivity index (χ3v) is 4.79. The molecule has 1 atom stereocenters. The molecule has 0 saturated heterocycles. The van der Waals surface area contributed by atoms with Gasteiger partial charge in [-0.1, -0.05) is 37.3 Å². The summed E-state index contributed by atoms with van der Waals surface area (Å²) in [4.78, 5) is 15.8. The van der Waals surface area contributed by atoms with Gasteiger partial charge in [0.1, 0.15) is 0 Å². The van der Waals surface area contributed by atoms with Crippen LogP contribution in [0.2, 0.25) is 0 Å². The molecule has 0 bridgehead atoms. The first-order valence-corrected chi connectivity index (χ1v) is 7.66. The summed E-state index contributed by atoms with van der Waals surface area (Å²) in [7, 11) is 0. The molecule has 0 saturated carbocycles. The standard InChI is InChI=1S/C19H18N2O/c1-3-19(15-7-5-4-6-14(15)18(22)21-19)16-11-20-17-10-12(2)8-9-13(16)17/h4-11,20H,3H2,1-2H3,(H,21,22)/t19-/m1/s1. The van der Waals surface area contributed by atoms with Crippen molar-refractivity contribution in [3.8, 4) is 0 Å². The summed E-state index contributed by atoms with van der Waals surface area (Å²) in [5.74, 6) is 0.0129. The van der Waals surface area contributed by atoms with Crippen LogP contribution in [-0.4, -0.2) is 10.9 Å². The van der Waals surface area contributed by atoms with Gasteiger partial charge >= 0.3 is 0 Å². The Morgan fingerprint density at radius 3 is 2.73 bits per heavy atom. The van der Waals surface area contributed by atoms with Crippen LogP contribution in [0.15, 0.2) is 48.7 Å². The van der Waals surface area contributed by atoms with E-state index in [1.165, 1.54) is 10.9 Å². The minimum atomic E-state index is -0.443. The molecule has 110 valence electrons. The quantitative estimate of drug-likeness (QED) is 0.739. The van der Waals surface area contributed by atoms with Gasteiger partial charge in [-0.3, -0.25) is 4.79 Å². The van der Waals surface area contributed by atoms with Gasteiger partial charge in [-0.05, 0) is 36.6 Å². The predicted molar refractivity (Wildman–Crippen MR) is 88.0 cm³/mol. The highest BCUT2D eigenvalue weighted by molar-refractivity contribution is 6.02. The molecule has 1 aliphatic rings. The summed E-state index contributed by atoms with van der Waals surface area (Å²) < 4.78 is 0. The normalized spacial score (nSPS) is 20.2. The van der Waals surface area contributed by atoms with Crippen molar-refractivity contribution in [1.29, 1.82) is 0 Å². The van der Waals surface area contributed by atoms with Gasteiger partial charge in [0.15, 0.2) is 0 Å². The van der Waals surface area contributed by atoms with Gasteiger partial charge in [-0.25, -0.2) is 0 Å². The molecule has 0 fully saturated rings. The lowest BCUT2D eigenvalue weighted by Gasteiger charge is -2.29. The zero-order valence-electron chi connectivity index (χ0n) is 12.7. The van der Waals surface area contributed by atoms with Crippen LogP contribution in [-0.2, 0) is 5.54 Å². The Balaban J connectivity index is 2.01. The lowest BCUT2D eigenvalue weighted by atomic mass is 9.81. The molecule has 3 aromatic rings. The molecule has 1 aromatic heterocycles. The van der Waals surface area contributed by atoms with E-state index in [9.17, 15) is 4.79 Å². The minimum absolute atomic E-state index is 0.0129. The maximum Gasteiger partial charge on any atom is 0.252 e. The predicted octanol–water partition coefficient (Wildman–Crippen LogP) is 3.87. The number of rotatable bonds is 2. The van der Waals surface area contributed by atoms with Gasteiger partial charge in [0.25, 0.3) is 5.91 Å². The number of aromatic nitrogens is 1. The molecule has 0 aliphatic carbocycles. The second-order valence-corrected chi connectivity index (χ2v) is 6.01. The molecule has 1 aliphatic heterocycles. The van der Waals surface area contributed by atoms with E-state index in [2.05, 4.69) is 48.4 Å². The molecule has 2 aromatic carbocycles. The Kier molecular flexibility index (Phi) is 2.67. The number of carbonyl (C=O) groups excluding carboxylic acids is 1. The van der Waals surface area contributed by atoms with Crippen LogP contribution in [0.5, 0.6) is 0 Å². The van der Waals surface area contributed by atoms with E-state index >= 15 is 0 Å². The highest BCUT2D eigenvalue weighted by Gasteiger charge is 2.43. The van der Waals surface area contributed by atoms with E-state index in [1.54, 1.807) is 0 Å². The highest BCUT2D eigenvalue weighted by Crippen LogP contribution is 2.42. The van der Waals surface area contributed by atoms with Gasteiger partial charge < -0.3 is 10.3 Å². The lowest BCUT2D eigenvalue weighted by Crippen LogP contribution is -2.39. The molecule has 0 radical (unpaired) electrons. The Labute approximate surface area is 129 Å². The van der Waals surface area contributed by atoms with Gasteiger partial charge in [0.05, 0.1) is 5.54 Å². The first kappa shape index (κ1) is 13.1. The van der Waals surface area contributed by atoms with Crippen LogP contribution >= 0.6 is 0 Å². The van der Waals surface area contributed by atoms with Crippen molar-refractivity contribution in [3.05, 3.63) is 70.9 Å². The minimum Gasteiger partial charge on any atom is -0.361 e. The molecular weight excluding hydrogens is 272 g/mol. The van der Waals surface area contributed by atoms with E-state index in [0.717, 1.165) is 28.6 Å².